The number of carbonyl (C=O) groups is 1. The highest BCUT2D eigenvalue weighted by atomic mass is 35.5. The van der Waals surface area contributed by atoms with Crippen molar-refractivity contribution in [3.8, 4) is 17.0 Å². The van der Waals surface area contributed by atoms with Gasteiger partial charge in [-0.3, -0.25) is 4.79 Å². The van der Waals surface area contributed by atoms with Crippen molar-refractivity contribution in [3.63, 3.8) is 0 Å². The average Bonchev–Trinajstić information content (AvgIpc) is 3.86. The summed E-state index contributed by atoms with van der Waals surface area (Å²) in [5.41, 5.74) is 7.93. The topological polar surface area (TPSA) is 114 Å². The third-order valence-electron chi connectivity index (χ3n) is 10.3. The summed E-state index contributed by atoms with van der Waals surface area (Å²) >= 11 is 6.02. The first kappa shape index (κ1) is 49.1. The first-order valence-electron chi connectivity index (χ1n) is 22.1. The van der Waals surface area contributed by atoms with Gasteiger partial charge < -0.3 is 38.5 Å². The summed E-state index contributed by atoms with van der Waals surface area (Å²) in [7, 11) is 0. The van der Waals surface area contributed by atoms with E-state index in [9.17, 15) is 9.18 Å². The van der Waals surface area contributed by atoms with Gasteiger partial charge in [0.1, 0.15) is 11.6 Å². The van der Waals surface area contributed by atoms with E-state index in [1.807, 2.05) is 118 Å². The van der Waals surface area contributed by atoms with Crippen LogP contribution < -0.4 is 10.1 Å². The van der Waals surface area contributed by atoms with Crippen LogP contribution in [0.5, 0.6) is 5.75 Å². The van der Waals surface area contributed by atoms with Crippen LogP contribution in [0.15, 0.2) is 79.0 Å². The quantitative estimate of drug-likeness (QED) is 0.0534. The van der Waals surface area contributed by atoms with E-state index in [2.05, 4.69) is 9.88 Å². The molecule has 0 fully saturated rings. The SMILES string of the molecule is CC.CCN(CC)C(=O)Cc1c(-c2ccc(OCCCOCCOCCOCCOCCNCc3cc(F)cc4c3ccn4Cc3ccc(Cl)cc3)cc2)nn2c(C)cc(C)nc12. The molecule has 0 unspecified atom stereocenters. The number of fused-ring (bicyclic) bond motifs is 2. The summed E-state index contributed by atoms with van der Waals surface area (Å²) in [6.45, 7) is 19.6. The molecule has 1 N–H and O–H groups in total. The Labute approximate surface area is 376 Å². The number of hydrogen-bond acceptors (Lipinski definition) is 9. The first-order valence-corrected chi connectivity index (χ1v) is 22.5. The second kappa shape index (κ2) is 26.0. The number of hydrogen-bond donors (Lipinski definition) is 1. The minimum atomic E-state index is -0.256. The lowest BCUT2D eigenvalue weighted by Crippen LogP contribution is -2.31. The molecule has 6 rings (SSSR count). The largest absolute Gasteiger partial charge is 0.494 e. The average molecular weight is 888 g/mol. The summed E-state index contributed by atoms with van der Waals surface area (Å²) in [6, 6.07) is 22.7. The number of rotatable bonds is 26. The van der Waals surface area contributed by atoms with E-state index < -0.39 is 0 Å². The molecule has 0 aliphatic rings. The number of ether oxygens (including phenoxy) is 5. The Hall–Kier alpha value is -4.89. The Bertz CT molecular complexity index is 2290. The second-order valence-corrected chi connectivity index (χ2v) is 15.2. The number of aromatic nitrogens is 4. The van der Waals surface area contributed by atoms with Gasteiger partial charge >= 0.3 is 0 Å². The van der Waals surface area contributed by atoms with E-state index in [-0.39, 0.29) is 18.1 Å². The normalized spacial score (nSPS) is 11.3. The van der Waals surface area contributed by atoms with Gasteiger partial charge in [-0.05, 0) is 99.5 Å². The Balaban J connectivity index is 0.00000369. The van der Waals surface area contributed by atoms with E-state index in [4.69, 9.17) is 45.4 Å². The van der Waals surface area contributed by atoms with E-state index in [1.165, 1.54) is 0 Å². The molecule has 12 nitrogen and oxygen atoms in total. The van der Waals surface area contributed by atoms with Crippen molar-refractivity contribution in [3.05, 3.63) is 118 Å². The Kier molecular flexibility index (Phi) is 20.3. The third-order valence-corrected chi connectivity index (χ3v) is 10.6. The number of nitrogens with one attached hydrogen (secondary N) is 1. The van der Waals surface area contributed by atoms with Gasteiger partial charge in [-0.1, -0.05) is 37.6 Å². The van der Waals surface area contributed by atoms with Crippen molar-refractivity contribution in [2.24, 2.45) is 0 Å². The lowest BCUT2D eigenvalue weighted by atomic mass is 10.0. The van der Waals surface area contributed by atoms with E-state index >= 15 is 0 Å². The van der Waals surface area contributed by atoms with Gasteiger partial charge in [0, 0.05) is 84.9 Å². The molecule has 0 saturated carbocycles. The standard InChI is InChI=1S/C47H58ClFN6O6.C2H6/c1-5-53(6-2)45(56)31-43-46(52-55-35(4)28-34(3)51-47(43)55)37-10-14-41(15-11-37)61-20-7-19-57-22-24-59-26-27-60-25-23-58-21-17-50-32-38-29-40(49)30-44-42(38)16-18-54(44)33-36-8-12-39(48)13-9-36;1-2/h8-16,18,28-30,50H,5-7,17,19-27,31-33H2,1-4H3;1-2H3. The number of amides is 1. The molecule has 0 radical (unpaired) electrons. The number of nitrogens with zero attached hydrogens (tertiary/aromatic N) is 5. The fourth-order valence-corrected chi connectivity index (χ4v) is 7.32. The molecule has 1 amide bonds. The van der Waals surface area contributed by atoms with Gasteiger partial charge in [0.15, 0.2) is 5.65 Å². The smallest absolute Gasteiger partial charge is 0.227 e. The molecule has 3 aromatic carbocycles. The molecule has 0 aliphatic carbocycles. The monoisotopic (exact) mass is 886 g/mol. The maximum absolute atomic E-state index is 14.5. The number of halogens is 2. The molecule has 6 aromatic rings. The van der Waals surface area contributed by atoms with Gasteiger partial charge in [0.25, 0.3) is 0 Å². The van der Waals surface area contributed by atoms with Crippen molar-refractivity contribution in [2.45, 2.75) is 67.5 Å². The lowest BCUT2D eigenvalue weighted by molar-refractivity contribution is -0.130. The maximum atomic E-state index is 14.5. The predicted octanol–water partition coefficient (Wildman–Crippen LogP) is 8.87. The van der Waals surface area contributed by atoms with Crippen LogP contribution in [0.2, 0.25) is 5.02 Å². The Morgan fingerprint density at radius 3 is 2.13 bits per heavy atom. The Morgan fingerprint density at radius 1 is 0.810 bits per heavy atom. The highest BCUT2D eigenvalue weighted by molar-refractivity contribution is 6.30. The molecule has 3 aromatic heterocycles. The zero-order chi connectivity index (χ0) is 45.0. The summed E-state index contributed by atoms with van der Waals surface area (Å²) in [4.78, 5) is 19.7. The summed E-state index contributed by atoms with van der Waals surface area (Å²) in [5.74, 6) is 0.558. The molecule has 0 atom stereocenters. The highest BCUT2D eigenvalue weighted by Crippen LogP contribution is 2.29. The van der Waals surface area contributed by atoms with Crippen LogP contribution in [-0.2, 0) is 43.3 Å². The van der Waals surface area contributed by atoms with Gasteiger partial charge in [0.05, 0.1) is 70.5 Å². The molecule has 340 valence electrons. The zero-order valence-corrected chi connectivity index (χ0v) is 38.5. The van der Waals surface area contributed by atoms with Crippen molar-refractivity contribution < 1.29 is 32.9 Å². The fraction of sp³-hybridized carbons (Fsp3) is 0.449. The molecular formula is C49H64ClFN6O6. The second-order valence-electron chi connectivity index (χ2n) is 14.8. The lowest BCUT2D eigenvalue weighted by Gasteiger charge is -2.18. The summed E-state index contributed by atoms with van der Waals surface area (Å²) in [6.07, 6.45) is 2.97. The third kappa shape index (κ3) is 14.6. The van der Waals surface area contributed by atoms with E-state index in [0.717, 1.165) is 68.1 Å². The minimum absolute atomic E-state index is 0.0603. The van der Waals surface area contributed by atoms with Crippen molar-refractivity contribution in [2.75, 3.05) is 79.1 Å². The van der Waals surface area contributed by atoms with Crippen molar-refractivity contribution in [1.29, 1.82) is 0 Å². The van der Waals surface area contributed by atoms with Crippen molar-refractivity contribution >= 4 is 34.1 Å². The van der Waals surface area contributed by atoms with Crippen molar-refractivity contribution in [1.82, 2.24) is 29.4 Å². The van der Waals surface area contributed by atoms with Crippen LogP contribution in [0.3, 0.4) is 0 Å². The van der Waals surface area contributed by atoms with Crippen LogP contribution in [0, 0.1) is 19.7 Å². The van der Waals surface area contributed by atoms with Gasteiger partial charge in [-0.25, -0.2) is 13.9 Å². The molecule has 0 aliphatic heterocycles. The number of aryl methyl sites for hydroxylation is 2. The molecule has 14 heteroatoms. The zero-order valence-electron chi connectivity index (χ0n) is 37.8. The van der Waals surface area contributed by atoms with Crippen LogP contribution in [0.25, 0.3) is 27.8 Å². The number of likely N-dealkylation sites (N-methyl/N-ethyl adjacent to an activating group) is 1. The molecule has 0 saturated heterocycles. The van der Waals surface area contributed by atoms with Crippen LogP contribution >= 0.6 is 11.6 Å². The summed E-state index contributed by atoms with van der Waals surface area (Å²) < 4.78 is 47.0. The summed E-state index contributed by atoms with van der Waals surface area (Å²) in [5, 5.41) is 9.96. The minimum Gasteiger partial charge on any atom is -0.494 e. The maximum Gasteiger partial charge on any atom is 0.227 e. The molecule has 63 heavy (non-hydrogen) atoms. The Morgan fingerprint density at radius 2 is 1.46 bits per heavy atom. The molecule has 0 bridgehead atoms. The van der Waals surface area contributed by atoms with E-state index in [0.29, 0.717) is 97.2 Å². The van der Waals surface area contributed by atoms with Crippen LogP contribution in [0.4, 0.5) is 4.39 Å². The van der Waals surface area contributed by atoms with Gasteiger partial charge in [-0.15, -0.1) is 0 Å². The fourth-order valence-electron chi connectivity index (χ4n) is 7.19. The molecule has 0 spiro atoms. The highest BCUT2D eigenvalue weighted by Gasteiger charge is 2.22. The number of carbonyl (C=O) groups excluding carboxylic acids is 1. The predicted molar refractivity (Wildman–Crippen MR) is 248 cm³/mol. The van der Waals surface area contributed by atoms with Gasteiger partial charge in [0.2, 0.25) is 5.91 Å². The number of benzene rings is 3. The van der Waals surface area contributed by atoms with E-state index in [1.54, 1.807) is 12.1 Å². The molecular weight excluding hydrogens is 823 g/mol. The van der Waals surface area contributed by atoms with Crippen LogP contribution in [0.1, 0.15) is 62.2 Å². The van der Waals surface area contributed by atoms with Crippen LogP contribution in [-0.4, -0.2) is 109 Å². The molecule has 3 heterocycles. The van der Waals surface area contributed by atoms with Gasteiger partial charge in [-0.2, -0.15) is 5.10 Å². The first-order chi connectivity index (χ1) is 30.7.